The number of rotatable bonds is 7. The summed E-state index contributed by atoms with van der Waals surface area (Å²) in [7, 11) is -4.02. The van der Waals surface area contributed by atoms with Crippen molar-refractivity contribution in [1.82, 2.24) is 9.21 Å². The number of ether oxygens (including phenoxy) is 2. The number of sulfonamides is 1. The van der Waals surface area contributed by atoms with Gasteiger partial charge in [-0.25, -0.2) is 21.1 Å². The minimum Gasteiger partial charge on any atom is -0.493 e. The van der Waals surface area contributed by atoms with Gasteiger partial charge in [0.1, 0.15) is 0 Å². The van der Waals surface area contributed by atoms with E-state index in [9.17, 15) is 21.6 Å². The Balaban J connectivity index is 2.21. The Labute approximate surface area is 159 Å². The summed E-state index contributed by atoms with van der Waals surface area (Å²) in [4.78, 5) is 14.3. The minimum absolute atomic E-state index is 0.0388. The number of amides is 1. The van der Waals surface area contributed by atoms with Gasteiger partial charge in [0.2, 0.25) is 10.0 Å². The topological polar surface area (TPSA) is 110 Å². The van der Waals surface area contributed by atoms with Crippen molar-refractivity contribution >= 4 is 25.8 Å². The molecule has 11 heteroatoms. The minimum atomic E-state index is -3.84. The molecular weight excluding hydrogens is 396 g/mol. The van der Waals surface area contributed by atoms with Crippen LogP contribution in [0.2, 0.25) is 0 Å². The predicted octanol–water partition coefficient (Wildman–Crippen LogP) is -0.278. The number of benzene rings is 1. The lowest BCUT2D eigenvalue weighted by atomic mass is 10.2. The van der Waals surface area contributed by atoms with E-state index in [1.165, 1.54) is 14.2 Å². The van der Waals surface area contributed by atoms with Gasteiger partial charge in [0.25, 0.3) is 5.91 Å². The highest BCUT2D eigenvalue weighted by molar-refractivity contribution is 7.91. The van der Waals surface area contributed by atoms with Crippen LogP contribution in [0.1, 0.15) is 5.56 Å². The van der Waals surface area contributed by atoms with Gasteiger partial charge in [0.05, 0.1) is 45.1 Å². The molecule has 1 aliphatic rings. The summed E-state index contributed by atoms with van der Waals surface area (Å²) in [5, 5.41) is 0. The first-order valence-corrected chi connectivity index (χ1v) is 11.9. The first kappa shape index (κ1) is 21.5. The summed E-state index contributed by atoms with van der Waals surface area (Å²) in [6.45, 7) is 0.0291. The van der Waals surface area contributed by atoms with Gasteiger partial charge in [0.15, 0.2) is 21.3 Å². The second-order valence-corrected chi connectivity index (χ2v) is 10.5. The number of hydrogen-bond acceptors (Lipinski definition) is 8. The third-order valence-corrected chi connectivity index (χ3v) is 7.02. The van der Waals surface area contributed by atoms with E-state index in [1.54, 1.807) is 23.1 Å². The zero-order chi connectivity index (χ0) is 20.2. The summed E-state index contributed by atoms with van der Waals surface area (Å²) >= 11 is 0. The Bertz CT molecular complexity index is 883. The highest BCUT2D eigenvalue weighted by atomic mass is 32.2. The fourth-order valence-electron chi connectivity index (χ4n) is 2.80. The van der Waals surface area contributed by atoms with Crippen molar-refractivity contribution < 1.29 is 31.1 Å². The number of methoxy groups -OCH3 is 2. The van der Waals surface area contributed by atoms with Crippen molar-refractivity contribution in [2.24, 2.45) is 0 Å². The van der Waals surface area contributed by atoms with Crippen molar-refractivity contribution in [1.29, 1.82) is 0 Å². The van der Waals surface area contributed by atoms with E-state index >= 15 is 0 Å². The molecule has 0 aliphatic carbocycles. The quantitative estimate of drug-likeness (QED) is 0.592. The maximum absolute atomic E-state index is 12.7. The lowest BCUT2D eigenvalue weighted by Gasteiger charge is -2.29. The van der Waals surface area contributed by atoms with Gasteiger partial charge in [-0.15, -0.1) is 0 Å². The monoisotopic (exact) mass is 420 g/mol. The third kappa shape index (κ3) is 5.56. The molecule has 0 unspecified atom stereocenters. The van der Waals surface area contributed by atoms with Gasteiger partial charge in [-0.3, -0.25) is 9.69 Å². The van der Waals surface area contributed by atoms with Crippen LogP contribution < -0.4 is 9.47 Å². The van der Waals surface area contributed by atoms with E-state index in [4.69, 9.17) is 9.47 Å². The molecule has 1 aromatic rings. The number of carbonyl (C=O) groups is 1. The van der Waals surface area contributed by atoms with Crippen molar-refractivity contribution in [2.75, 3.05) is 51.6 Å². The lowest BCUT2D eigenvalue weighted by molar-refractivity contribution is -0.128. The summed E-state index contributed by atoms with van der Waals surface area (Å²) in [5.74, 6) is 0.0791. The zero-order valence-corrected chi connectivity index (χ0v) is 17.2. The SMILES string of the molecule is COc1cccc(CN(C(=O)CN2CCS(=O)(=O)CC2)S(C)(=O)=O)c1OC. The van der Waals surface area contributed by atoms with Crippen molar-refractivity contribution in [3.63, 3.8) is 0 Å². The normalized spacial score (nSPS) is 17.3. The summed E-state index contributed by atoms with van der Waals surface area (Å²) < 4.78 is 58.7. The molecular formula is C16H24N2O7S2. The van der Waals surface area contributed by atoms with Gasteiger partial charge < -0.3 is 9.47 Å². The average molecular weight is 421 g/mol. The Kier molecular flexibility index (Phi) is 6.71. The van der Waals surface area contributed by atoms with Crippen molar-refractivity contribution in [3.8, 4) is 11.5 Å². The van der Waals surface area contributed by atoms with E-state index < -0.39 is 25.8 Å². The number of sulfone groups is 1. The van der Waals surface area contributed by atoms with Crippen LogP contribution in [-0.4, -0.2) is 83.6 Å². The van der Waals surface area contributed by atoms with Crippen LogP contribution in [0.15, 0.2) is 18.2 Å². The van der Waals surface area contributed by atoms with Crippen LogP contribution in [0.4, 0.5) is 0 Å². The molecule has 0 aromatic heterocycles. The Hall–Kier alpha value is -1.85. The average Bonchev–Trinajstić information content (AvgIpc) is 2.59. The van der Waals surface area contributed by atoms with Gasteiger partial charge in [0, 0.05) is 18.7 Å². The maximum Gasteiger partial charge on any atom is 0.250 e. The third-order valence-electron chi connectivity index (χ3n) is 4.27. The smallest absolute Gasteiger partial charge is 0.250 e. The fraction of sp³-hybridized carbons (Fsp3) is 0.562. The van der Waals surface area contributed by atoms with Crippen LogP contribution in [0.3, 0.4) is 0 Å². The molecule has 152 valence electrons. The Morgan fingerprint density at radius 2 is 1.81 bits per heavy atom. The Morgan fingerprint density at radius 1 is 1.19 bits per heavy atom. The van der Waals surface area contributed by atoms with E-state index in [0.717, 1.165) is 10.6 Å². The predicted molar refractivity (Wildman–Crippen MR) is 100 cm³/mol. The lowest BCUT2D eigenvalue weighted by Crippen LogP contribution is -2.47. The van der Waals surface area contributed by atoms with Crippen LogP contribution in [0, 0.1) is 0 Å². The fourth-order valence-corrected chi connectivity index (χ4v) is 4.88. The van der Waals surface area contributed by atoms with Gasteiger partial charge in [-0.05, 0) is 6.07 Å². The molecule has 0 N–H and O–H groups in total. The van der Waals surface area contributed by atoms with Crippen molar-refractivity contribution in [2.45, 2.75) is 6.54 Å². The van der Waals surface area contributed by atoms with Crippen molar-refractivity contribution in [3.05, 3.63) is 23.8 Å². The molecule has 1 saturated heterocycles. The molecule has 1 aliphatic heterocycles. The second-order valence-electron chi connectivity index (χ2n) is 6.24. The molecule has 0 bridgehead atoms. The molecule has 0 atom stereocenters. The first-order valence-electron chi connectivity index (χ1n) is 8.20. The first-order chi connectivity index (χ1) is 12.6. The molecule has 0 saturated carbocycles. The van der Waals surface area contributed by atoms with E-state index in [1.807, 2.05) is 0 Å². The molecule has 27 heavy (non-hydrogen) atoms. The molecule has 1 fully saturated rings. The van der Waals surface area contributed by atoms with Crippen LogP contribution in [0.5, 0.6) is 11.5 Å². The Morgan fingerprint density at radius 3 is 2.33 bits per heavy atom. The highest BCUT2D eigenvalue weighted by Gasteiger charge is 2.29. The number of para-hydroxylation sites is 1. The molecule has 0 radical (unpaired) electrons. The molecule has 9 nitrogen and oxygen atoms in total. The number of carbonyl (C=O) groups excluding carboxylic acids is 1. The van der Waals surface area contributed by atoms with E-state index in [2.05, 4.69) is 0 Å². The van der Waals surface area contributed by atoms with E-state index in [0.29, 0.717) is 17.1 Å². The molecule has 1 amide bonds. The zero-order valence-electron chi connectivity index (χ0n) is 15.5. The maximum atomic E-state index is 12.7. The molecule has 1 heterocycles. The molecule has 1 aromatic carbocycles. The summed E-state index contributed by atoms with van der Waals surface area (Å²) in [5.41, 5.74) is 0.483. The second kappa shape index (κ2) is 8.44. The summed E-state index contributed by atoms with van der Waals surface area (Å²) in [6, 6.07) is 5.00. The van der Waals surface area contributed by atoms with Gasteiger partial charge in [-0.2, -0.15) is 0 Å². The summed E-state index contributed by atoms with van der Waals surface area (Å²) in [6.07, 6.45) is 0.957. The highest BCUT2D eigenvalue weighted by Crippen LogP contribution is 2.32. The largest absolute Gasteiger partial charge is 0.493 e. The van der Waals surface area contributed by atoms with Crippen LogP contribution in [-0.2, 0) is 31.2 Å². The van der Waals surface area contributed by atoms with Gasteiger partial charge in [-0.1, -0.05) is 12.1 Å². The number of nitrogens with zero attached hydrogens (tertiary/aromatic N) is 2. The molecule has 2 rings (SSSR count). The van der Waals surface area contributed by atoms with Crippen LogP contribution >= 0.6 is 0 Å². The van der Waals surface area contributed by atoms with Crippen LogP contribution in [0.25, 0.3) is 0 Å². The van der Waals surface area contributed by atoms with E-state index in [-0.39, 0.29) is 37.7 Å². The standard InChI is InChI=1S/C16H24N2O7S2/c1-24-14-6-4-5-13(16(14)25-2)11-18(26(3,20)21)15(19)12-17-7-9-27(22,23)10-8-17/h4-6H,7-12H2,1-3H3. The number of hydrogen-bond donors (Lipinski definition) is 0. The van der Waals surface area contributed by atoms with Gasteiger partial charge >= 0.3 is 0 Å². The molecule has 0 spiro atoms.